The maximum Gasteiger partial charge on any atom is 0.160 e. The van der Waals surface area contributed by atoms with Crippen LogP contribution in [0.1, 0.15) is 16.8 Å². The second kappa shape index (κ2) is 6.41. The zero-order valence-corrected chi connectivity index (χ0v) is 13.1. The van der Waals surface area contributed by atoms with E-state index in [4.69, 9.17) is 0 Å². The summed E-state index contributed by atoms with van der Waals surface area (Å²) in [5.74, 6) is 0.446. The van der Waals surface area contributed by atoms with Crippen molar-refractivity contribution in [2.24, 2.45) is 0 Å². The SMILES string of the molecule is Fc1cnccc1CN1CCc2nc(-c3cccnc3)ncc2C1. The van der Waals surface area contributed by atoms with Crippen molar-refractivity contribution in [1.82, 2.24) is 24.8 Å². The second-order valence-electron chi connectivity index (χ2n) is 5.83. The zero-order chi connectivity index (χ0) is 16.4. The fourth-order valence-electron chi connectivity index (χ4n) is 2.92. The minimum Gasteiger partial charge on any atom is -0.294 e. The van der Waals surface area contributed by atoms with E-state index in [1.807, 2.05) is 18.3 Å². The summed E-state index contributed by atoms with van der Waals surface area (Å²) in [6.07, 6.45) is 9.09. The molecule has 0 saturated carbocycles. The Kier molecular flexibility index (Phi) is 3.96. The number of fused-ring (bicyclic) bond motifs is 1. The Morgan fingerprint density at radius 2 is 2.00 bits per heavy atom. The number of rotatable bonds is 3. The minimum absolute atomic E-state index is 0.258. The average Bonchev–Trinajstić information content (AvgIpc) is 2.64. The molecule has 0 N–H and O–H groups in total. The largest absolute Gasteiger partial charge is 0.294 e. The van der Waals surface area contributed by atoms with E-state index in [2.05, 4.69) is 24.8 Å². The summed E-state index contributed by atoms with van der Waals surface area (Å²) in [4.78, 5) is 19.2. The summed E-state index contributed by atoms with van der Waals surface area (Å²) in [6.45, 7) is 2.14. The number of hydrogen-bond acceptors (Lipinski definition) is 5. The van der Waals surface area contributed by atoms with Crippen molar-refractivity contribution in [1.29, 1.82) is 0 Å². The molecule has 5 nitrogen and oxygen atoms in total. The van der Waals surface area contributed by atoms with Gasteiger partial charge in [-0.2, -0.15) is 0 Å². The van der Waals surface area contributed by atoms with Crippen molar-refractivity contribution < 1.29 is 4.39 Å². The lowest BCUT2D eigenvalue weighted by Gasteiger charge is -2.28. The van der Waals surface area contributed by atoms with Crippen LogP contribution in [-0.2, 0) is 19.5 Å². The van der Waals surface area contributed by atoms with Gasteiger partial charge in [-0.1, -0.05) is 0 Å². The highest BCUT2D eigenvalue weighted by atomic mass is 19.1. The predicted molar refractivity (Wildman–Crippen MR) is 87.3 cm³/mol. The highest BCUT2D eigenvalue weighted by Crippen LogP contribution is 2.22. The van der Waals surface area contributed by atoms with E-state index >= 15 is 0 Å². The Hall–Kier alpha value is -2.73. The molecule has 0 aliphatic carbocycles. The van der Waals surface area contributed by atoms with Gasteiger partial charge in [-0.05, 0) is 18.2 Å². The third kappa shape index (κ3) is 3.00. The maximum absolute atomic E-state index is 13.8. The molecule has 0 saturated heterocycles. The molecule has 1 aliphatic heterocycles. The van der Waals surface area contributed by atoms with Gasteiger partial charge in [0, 0.05) is 67.5 Å². The molecule has 0 bridgehead atoms. The Morgan fingerprint density at radius 1 is 1.08 bits per heavy atom. The first-order chi connectivity index (χ1) is 11.8. The molecular formula is C18H16FN5. The van der Waals surface area contributed by atoms with E-state index in [1.54, 1.807) is 24.7 Å². The Labute approximate surface area is 139 Å². The van der Waals surface area contributed by atoms with Crippen LogP contribution in [-0.4, -0.2) is 31.4 Å². The normalized spacial score (nSPS) is 14.4. The first-order valence-corrected chi connectivity index (χ1v) is 7.85. The summed E-state index contributed by atoms with van der Waals surface area (Å²) in [7, 11) is 0. The molecule has 4 heterocycles. The summed E-state index contributed by atoms with van der Waals surface area (Å²) >= 11 is 0. The molecule has 3 aromatic heterocycles. The number of pyridine rings is 2. The fraction of sp³-hybridized carbons (Fsp3) is 0.222. The van der Waals surface area contributed by atoms with Crippen LogP contribution >= 0.6 is 0 Å². The quantitative estimate of drug-likeness (QED) is 0.742. The molecule has 3 aromatic rings. The van der Waals surface area contributed by atoms with Crippen LogP contribution < -0.4 is 0 Å². The monoisotopic (exact) mass is 321 g/mol. The molecule has 0 amide bonds. The third-order valence-electron chi connectivity index (χ3n) is 4.18. The summed E-state index contributed by atoms with van der Waals surface area (Å²) in [5.41, 5.74) is 3.75. The van der Waals surface area contributed by atoms with E-state index < -0.39 is 0 Å². The smallest absolute Gasteiger partial charge is 0.160 e. The van der Waals surface area contributed by atoms with Gasteiger partial charge in [0.15, 0.2) is 5.82 Å². The summed E-state index contributed by atoms with van der Waals surface area (Å²) in [6, 6.07) is 5.56. The van der Waals surface area contributed by atoms with Crippen molar-refractivity contribution in [2.75, 3.05) is 6.54 Å². The Bertz CT molecular complexity index is 853. The van der Waals surface area contributed by atoms with Gasteiger partial charge in [0.05, 0.1) is 11.9 Å². The molecular weight excluding hydrogens is 305 g/mol. The van der Waals surface area contributed by atoms with E-state index in [0.29, 0.717) is 17.9 Å². The van der Waals surface area contributed by atoms with Gasteiger partial charge in [0.25, 0.3) is 0 Å². The van der Waals surface area contributed by atoms with Crippen LogP contribution in [0.3, 0.4) is 0 Å². The van der Waals surface area contributed by atoms with Crippen molar-refractivity contribution in [3.8, 4) is 11.4 Å². The van der Waals surface area contributed by atoms with Crippen LogP contribution in [0.4, 0.5) is 4.39 Å². The maximum atomic E-state index is 13.8. The molecule has 0 fully saturated rings. The number of nitrogens with zero attached hydrogens (tertiary/aromatic N) is 5. The van der Waals surface area contributed by atoms with E-state index in [1.165, 1.54) is 6.20 Å². The summed E-state index contributed by atoms with van der Waals surface area (Å²) in [5, 5.41) is 0. The first-order valence-electron chi connectivity index (χ1n) is 7.85. The molecule has 24 heavy (non-hydrogen) atoms. The van der Waals surface area contributed by atoms with Gasteiger partial charge in [-0.25, -0.2) is 14.4 Å². The van der Waals surface area contributed by atoms with E-state index in [0.717, 1.165) is 36.3 Å². The second-order valence-corrected chi connectivity index (χ2v) is 5.83. The predicted octanol–water partition coefficient (Wildman–Crippen LogP) is 2.63. The average molecular weight is 321 g/mol. The molecule has 4 rings (SSSR count). The lowest BCUT2D eigenvalue weighted by Crippen LogP contribution is -2.31. The lowest BCUT2D eigenvalue weighted by molar-refractivity contribution is 0.239. The highest BCUT2D eigenvalue weighted by molar-refractivity contribution is 5.53. The summed E-state index contributed by atoms with van der Waals surface area (Å²) < 4.78 is 13.8. The van der Waals surface area contributed by atoms with Crippen LogP contribution in [0.15, 0.2) is 49.2 Å². The molecule has 6 heteroatoms. The van der Waals surface area contributed by atoms with Crippen LogP contribution in [0.5, 0.6) is 0 Å². The van der Waals surface area contributed by atoms with Gasteiger partial charge in [0.1, 0.15) is 5.82 Å². The van der Waals surface area contributed by atoms with Gasteiger partial charge >= 0.3 is 0 Å². The van der Waals surface area contributed by atoms with Crippen LogP contribution in [0.2, 0.25) is 0 Å². The third-order valence-corrected chi connectivity index (χ3v) is 4.18. The minimum atomic E-state index is -0.258. The van der Waals surface area contributed by atoms with Crippen molar-refractivity contribution in [3.63, 3.8) is 0 Å². The first kappa shape index (κ1) is 14.8. The van der Waals surface area contributed by atoms with E-state index in [9.17, 15) is 4.39 Å². The lowest BCUT2D eigenvalue weighted by atomic mass is 10.1. The topological polar surface area (TPSA) is 54.8 Å². The van der Waals surface area contributed by atoms with Gasteiger partial charge in [0.2, 0.25) is 0 Å². The number of aromatic nitrogens is 4. The highest BCUT2D eigenvalue weighted by Gasteiger charge is 2.19. The van der Waals surface area contributed by atoms with Crippen LogP contribution in [0, 0.1) is 5.82 Å². The Balaban J connectivity index is 1.53. The zero-order valence-electron chi connectivity index (χ0n) is 13.1. The van der Waals surface area contributed by atoms with Gasteiger partial charge in [-0.3, -0.25) is 14.9 Å². The molecule has 1 aliphatic rings. The fourth-order valence-corrected chi connectivity index (χ4v) is 2.92. The molecule has 120 valence electrons. The molecule has 0 spiro atoms. The molecule has 0 unspecified atom stereocenters. The molecule has 0 atom stereocenters. The standard InChI is InChI=1S/C18H16FN5/c19-16-10-21-6-3-14(16)11-24-7-4-17-15(12-24)9-22-18(23-17)13-2-1-5-20-8-13/h1-3,5-6,8-10H,4,7,11-12H2. The number of hydrogen-bond donors (Lipinski definition) is 0. The van der Waals surface area contributed by atoms with Crippen molar-refractivity contribution in [2.45, 2.75) is 19.5 Å². The van der Waals surface area contributed by atoms with Gasteiger partial charge in [-0.15, -0.1) is 0 Å². The van der Waals surface area contributed by atoms with Gasteiger partial charge < -0.3 is 0 Å². The molecule has 0 radical (unpaired) electrons. The number of halogens is 1. The van der Waals surface area contributed by atoms with Crippen molar-refractivity contribution in [3.05, 3.63) is 71.8 Å². The molecule has 0 aromatic carbocycles. The van der Waals surface area contributed by atoms with Crippen LogP contribution in [0.25, 0.3) is 11.4 Å². The van der Waals surface area contributed by atoms with Crippen molar-refractivity contribution >= 4 is 0 Å². The van der Waals surface area contributed by atoms with E-state index in [-0.39, 0.29) is 5.82 Å². The Morgan fingerprint density at radius 3 is 2.83 bits per heavy atom.